The number of nitrogens with one attached hydrogen (secondary N) is 1. The molecule has 0 spiro atoms. The van der Waals surface area contributed by atoms with Crippen molar-refractivity contribution in [2.24, 2.45) is 15.4 Å². The van der Waals surface area contributed by atoms with Crippen molar-refractivity contribution in [3.8, 4) is 0 Å². The molecule has 1 N–H and O–H groups in total. The quantitative estimate of drug-likeness (QED) is 0.678. The van der Waals surface area contributed by atoms with Gasteiger partial charge in [-0.2, -0.15) is 14.8 Å². The molecule has 0 radical (unpaired) electrons. The fourth-order valence-electron chi connectivity index (χ4n) is 1.74. The number of aromatic nitrogens is 2. The second kappa shape index (κ2) is 6.08. The summed E-state index contributed by atoms with van der Waals surface area (Å²) in [4.78, 5) is 32.2. The maximum atomic E-state index is 12.3. The lowest BCUT2D eigenvalue weighted by atomic mass is 9.95. The van der Waals surface area contributed by atoms with Gasteiger partial charge in [-0.15, -0.1) is 11.6 Å². The van der Waals surface area contributed by atoms with Crippen LogP contribution in [-0.4, -0.2) is 39.1 Å². The van der Waals surface area contributed by atoms with Gasteiger partial charge in [0.2, 0.25) is 5.91 Å². The Morgan fingerprint density at radius 2 is 2.04 bits per heavy atom. The van der Waals surface area contributed by atoms with E-state index in [9.17, 15) is 9.59 Å². The van der Waals surface area contributed by atoms with E-state index < -0.39 is 11.3 Å². The van der Waals surface area contributed by atoms with Gasteiger partial charge in [-0.05, 0) is 27.7 Å². The van der Waals surface area contributed by atoms with Crippen LogP contribution in [0.5, 0.6) is 0 Å². The van der Waals surface area contributed by atoms with Gasteiger partial charge in [0.05, 0.1) is 22.4 Å². The number of rotatable bonds is 3. The second-order valence-electron chi connectivity index (χ2n) is 5.95. The van der Waals surface area contributed by atoms with Crippen LogP contribution in [0.1, 0.15) is 26.5 Å². The Morgan fingerprint density at radius 3 is 2.61 bits per heavy atom. The molecule has 0 bridgehead atoms. The zero-order chi connectivity index (χ0) is 17.4. The van der Waals surface area contributed by atoms with Crippen molar-refractivity contribution in [3.05, 3.63) is 23.9 Å². The van der Waals surface area contributed by atoms with Crippen LogP contribution >= 0.6 is 11.6 Å². The molecule has 2 heterocycles. The maximum Gasteiger partial charge on any atom is 0.281 e. The first-order valence-electron chi connectivity index (χ1n) is 6.98. The molecule has 8 heteroatoms. The van der Waals surface area contributed by atoms with Crippen molar-refractivity contribution >= 4 is 40.9 Å². The molecule has 1 aliphatic rings. The molecule has 0 fully saturated rings. The first kappa shape index (κ1) is 17.1. The van der Waals surface area contributed by atoms with Crippen molar-refractivity contribution in [1.29, 1.82) is 0 Å². The Morgan fingerprint density at radius 1 is 1.39 bits per heavy atom. The largest absolute Gasteiger partial charge is 0.310 e. The van der Waals surface area contributed by atoms with Crippen LogP contribution in [-0.2, 0) is 9.59 Å². The van der Waals surface area contributed by atoms with E-state index in [0.717, 1.165) is 0 Å². The third kappa shape index (κ3) is 3.39. The maximum absolute atomic E-state index is 12.3. The second-order valence-corrected chi connectivity index (χ2v) is 6.21. The summed E-state index contributed by atoms with van der Waals surface area (Å²) in [6.07, 6.45) is 0. The molecule has 2 rings (SSSR count). The van der Waals surface area contributed by atoms with E-state index in [-0.39, 0.29) is 23.3 Å². The van der Waals surface area contributed by atoms with Crippen LogP contribution in [0.15, 0.2) is 28.2 Å². The predicted molar refractivity (Wildman–Crippen MR) is 90.2 cm³/mol. The Hall–Kier alpha value is -2.28. The van der Waals surface area contributed by atoms with Crippen molar-refractivity contribution in [1.82, 2.24) is 9.78 Å². The van der Waals surface area contributed by atoms with Gasteiger partial charge in [0.1, 0.15) is 5.82 Å². The zero-order valence-corrected chi connectivity index (χ0v) is 14.2. The highest BCUT2D eigenvalue weighted by atomic mass is 35.5. The monoisotopic (exact) mass is 335 g/mol. The van der Waals surface area contributed by atoms with E-state index >= 15 is 0 Å². The van der Waals surface area contributed by atoms with Gasteiger partial charge in [-0.1, -0.05) is 6.58 Å². The molecule has 0 aromatic carbocycles. The average molecular weight is 336 g/mol. The van der Waals surface area contributed by atoms with Crippen LogP contribution in [0.2, 0.25) is 0 Å². The van der Waals surface area contributed by atoms with Crippen LogP contribution in [0.4, 0.5) is 5.82 Å². The normalized spacial score (nSPS) is 15.3. The minimum atomic E-state index is -0.748. The molecule has 0 unspecified atom stereocenters. The number of alkyl halides is 1. The SMILES string of the molecule is C=C1C(=O)N=C(n2nc(C)cc2NC(=O)C(C)(C)CCl)N=C1C. The molecule has 0 saturated carbocycles. The summed E-state index contributed by atoms with van der Waals surface area (Å²) in [5, 5.41) is 6.99. The van der Waals surface area contributed by atoms with Gasteiger partial charge in [0, 0.05) is 11.9 Å². The third-order valence-electron chi connectivity index (χ3n) is 3.38. The Labute approximate surface area is 139 Å². The van der Waals surface area contributed by atoms with E-state index in [1.807, 2.05) is 0 Å². The smallest absolute Gasteiger partial charge is 0.281 e. The van der Waals surface area contributed by atoms with Crippen LogP contribution in [0.25, 0.3) is 0 Å². The molecular formula is C15H18ClN5O2. The fraction of sp³-hybridized carbons (Fsp3) is 0.400. The molecule has 23 heavy (non-hydrogen) atoms. The van der Waals surface area contributed by atoms with Crippen LogP contribution in [0, 0.1) is 12.3 Å². The number of aliphatic imine (C=N–C) groups is 2. The highest BCUT2D eigenvalue weighted by molar-refractivity contribution is 6.28. The van der Waals surface area contributed by atoms with Crippen molar-refractivity contribution in [2.75, 3.05) is 11.2 Å². The number of amides is 2. The number of aryl methyl sites for hydroxylation is 1. The number of anilines is 1. The highest BCUT2D eigenvalue weighted by Gasteiger charge is 2.28. The Balaban J connectivity index is 2.40. The van der Waals surface area contributed by atoms with E-state index in [1.54, 1.807) is 33.8 Å². The van der Waals surface area contributed by atoms with Gasteiger partial charge in [-0.3, -0.25) is 9.59 Å². The van der Waals surface area contributed by atoms with E-state index in [2.05, 4.69) is 27.0 Å². The van der Waals surface area contributed by atoms with Gasteiger partial charge in [0.15, 0.2) is 0 Å². The molecule has 7 nitrogen and oxygen atoms in total. The lowest BCUT2D eigenvalue weighted by Gasteiger charge is -2.20. The van der Waals surface area contributed by atoms with Crippen molar-refractivity contribution in [3.63, 3.8) is 0 Å². The summed E-state index contributed by atoms with van der Waals surface area (Å²) in [6.45, 7) is 10.5. The summed E-state index contributed by atoms with van der Waals surface area (Å²) in [5.74, 6) is -0.101. The topological polar surface area (TPSA) is 88.7 Å². The first-order chi connectivity index (χ1) is 10.7. The molecule has 0 saturated heterocycles. The third-order valence-corrected chi connectivity index (χ3v) is 4.04. The molecule has 2 amide bonds. The molecular weight excluding hydrogens is 318 g/mol. The molecule has 0 aliphatic carbocycles. The number of halogens is 1. The molecule has 1 aromatic heterocycles. The fourth-order valence-corrected chi connectivity index (χ4v) is 1.86. The zero-order valence-electron chi connectivity index (χ0n) is 13.5. The van der Waals surface area contributed by atoms with Gasteiger partial charge >= 0.3 is 0 Å². The predicted octanol–water partition coefficient (Wildman–Crippen LogP) is 2.16. The summed E-state index contributed by atoms with van der Waals surface area (Å²) >= 11 is 5.82. The lowest BCUT2D eigenvalue weighted by Crippen LogP contribution is -2.34. The van der Waals surface area contributed by atoms with Gasteiger partial charge < -0.3 is 5.32 Å². The summed E-state index contributed by atoms with van der Waals surface area (Å²) in [5.41, 5.74) is 0.608. The molecule has 0 atom stereocenters. The number of hydrogen-bond donors (Lipinski definition) is 1. The highest BCUT2D eigenvalue weighted by Crippen LogP contribution is 2.21. The van der Waals surface area contributed by atoms with Crippen molar-refractivity contribution in [2.45, 2.75) is 27.7 Å². The molecule has 122 valence electrons. The lowest BCUT2D eigenvalue weighted by molar-refractivity contribution is -0.123. The minimum absolute atomic E-state index is 0.0898. The number of carbonyl (C=O) groups is 2. The Kier molecular flexibility index (Phi) is 4.51. The first-order valence-corrected chi connectivity index (χ1v) is 7.51. The van der Waals surface area contributed by atoms with Gasteiger partial charge in [0.25, 0.3) is 11.9 Å². The standard InChI is InChI=1S/C15H18ClN5O2/c1-8-6-11(18-13(23)15(4,5)7-16)21(20-8)14-17-10(3)9(2)12(22)19-14/h6H,2,7H2,1,3-5H3,(H,18,23). The van der Waals surface area contributed by atoms with E-state index in [0.29, 0.717) is 17.2 Å². The van der Waals surface area contributed by atoms with Gasteiger partial charge in [-0.25, -0.2) is 4.99 Å². The average Bonchev–Trinajstić information content (AvgIpc) is 2.84. The van der Waals surface area contributed by atoms with Crippen LogP contribution < -0.4 is 5.32 Å². The molecule has 1 aromatic rings. The number of carbonyl (C=O) groups excluding carboxylic acids is 2. The Bertz CT molecular complexity index is 758. The van der Waals surface area contributed by atoms with E-state index in [4.69, 9.17) is 11.6 Å². The molecule has 1 aliphatic heterocycles. The summed E-state index contributed by atoms with van der Waals surface area (Å²) < 4.78 is 1.32. The number of nitrogens with zero attached hydrogens (tertiary/aromatic N) is 4. The van der Waals surface area contributed by atoms with E-state index in [1.165, 1.54) is 4.68 Å². The van der Waals surface area contributed by atoms with Crippen molar-refractivity contribution < 1.29 is 9.59 Å². The summed E-state index contributed by atoms with van der Waals surface area (Å²) in [6, 6.07) is 1.67. The summed E-state index contributed by atoms with van der Waals surface area (Å²) in [7, 11) is 0. The number of hydrogen-bond acceptors (Lipinski definition) is 4. The van der Waals surface area contributed by atoms with Crippen LogP contribution in [0.3, 0.4) is 0 Å². The minimum Gasteiger partial charge on any atom is -0.310 e.